The quantitative estimate of drug-likeness (QED) is 0.802. The van der Waals surface area contributed by atoms with Crippen LogP contribution >= 0.6 is 0 Å². The largest absolute Gasteiger partial charge is 0.372 e. The van der Waals surface area contributed by atoms with Crippen molar-refractivity contribution >= 4 is 11.6 Å². The number of anilines is 1. The van der Waals surface area contributed by atoms with Gasteiger partial charge in [0.25, 0.3) is 5.91 Å². The SMILES string of the molecule is CCN(CC)c1ccc(C(=O)N2CCC[C@H]2CN2CCCC2)cc1. The Kier molecular flexibility index (Phi) is 5.77. The Labute approximate surface area is 146 Å². The maximum atomic E-state index is 12.9. The molecule has 0 N–H and O–H groups in total. The molecule has 0 saturated carbocycles. The molecule has 1 atom stereocenters. The van der Waals surface area contributed by atoms with Gasteiger partial charge in [0.05, 0.1) is 0 Å². The molecule has 0 radical (unpaired) electrons. The molecule has 24 heavy (non-hydrogen) atoms. The zero-order valence-corrected chi connectivity index (χ0v) is 15.2. The summed E-state index contributed by atoms with van der Waals surface area (Å²) >= 11 is 0. The molecule has 2 saturated heterocycles. The minimum absolute atomic E-state index is 0.211. The van der Waals surface area contributed by atoms with Crippen LogP contribution in [0.3, 0.4) is 0 Å². The van der Waals surface area contributed by atoms with Crippen molar-refractivity contribution in [3.05, 3.63) is 29.8 Å². The summed E-state index contributed by atoms with van der Waals surface area (Å²) in [6.45, 7) is 10.7. The summed E-state index contributed by atoms with van der Waals surface area (Å²) < 4.78 is 0. The fourth-order valence-electron chi connectivity index (χ4n) is 4.13. The molecule has 0 aromatic heterocycles. The second-order valence-electron chi connectivity index (χ2n) is 7.02. The lowest BCUT2D eigenvalue weighted by atomic mass is 10.1. The van der Waals surface area contributed by atoms with Gasteiger partial charge < -0.3 is 14.7 Å². The monoisotopic (exact) mass is 329 g/mol. The van der Waals surface area contributed by atoms with Gasteiger partial charge in [0, 0.05) is 43.5 Å². The summed E-state index contributed by atoms with van der Waals surface area (Å²) in [5.74, 6) is 0.211. The Bertz CT molecular complexity index is 532. The molecule has 0 bridgehead atoms. The van der Waals surface area contributed by atoms with Crippen LogP contribution in [-0.4, -0.2) is 61.0 Å². The van der Waals surface area contributed by atoms with Crippen LogP contribution < -0.4 is 4.90 Å². The van der Waals surface area contributed by atoms with Gasteiger partial charge >= 0.3 is 0 Å². The number of hydrogen-bond acceptors (Lipinski definition) is 3. The van der Waals surface area contributed by atoms with Crippen LogP contribution in [0, 0.1) is 0 Å². The molecule has 132 valence electrons. The zero-order chi connectivity index (χ0) is 16.9. The number of rotatable bonds is 6. The predicted octanol–water partition coefficient (Wildman–Crippen LogP) is 3.23. The van der Waals surface area contributed by atoms with E-state index in [1.807, 2.05) is 12.1 Å². The van der Waals surface area contributed by atoms with Crippen LogP contribution in [0.4, 0.5) is 5.69 Å². The molecular formula is C20H31N3O. The Morgan fingerprint density at radius 2 is 1.71 bits per heavy atom. The fraction of sp³-hybridized carbons (Fsp3) is 0.650. The van der Waals surface area contributed by atoms with Gasteiger partial charge in [0.15, 0.2) is 0 Å². The molecule has 2 aliphatic heterocycles. The molecule has 1 aromatic carbocycles. The highest BCUT2D eigenvalue weighted by Gasteiger charge is 2.31. The van der Waals surface area contributed by atoms with Gasteiger partial charge in [-0.2, -0.15) is 0 Å². The van der Waals surface area contributed by atoms with Crippen molar-refractivity contribution in [1.82, 2.24) is 9.80 Å². The molecule has 0 unspecified atom stereocenters. The Morgan fingerprint density at radius 1 is 1.04 bits per heavy atom. The second kappa shape index (κ2) is 8.02. The van der Waals surface area contributed by atoms with Crippen molar-refractivity contribution in [3.8, 4) is 0 Å². The van der Waals surface area contributed by atoms with Crippen LogP contribution in [0.2, 0.25) is 0 Å². The van der Waals surface area contributed by atoms with E-state index in [9.17, 15) is 4.79 Å². The van der Waals surface area contributed by atoms with Gasteiger partial charge in [-0.15, -0.1) is 0 Å². The van der Waals surface area contributed by atoms with Crippen LogP contribution in [0.15, 0.2) is 24.3 Å². The highest BCUT2D eigenvalue weighted by molar-refractivity contribution is 5.95. The molecule has 4 heteroatoms. The fourth-order valence-corrected chi connectivity index (χ4v) is 4.13. The summed E-state index contributed by atoms with van der Waals surface area (Å²) in [6.07, 6.45) is 4.92. The third kappa shape index (κ3) is 3.75. The molecule has 1 aromatic rings. The Hall–Kier alpha value is -1.55. The van der Waals surface area contributed by atoms with Gasteiger partial charge in [-0.1, -0.05) is 0 Å². The summed E-state index contributed by atoms with van der Waals surface area (Å²) in [5.41, 5.74) is 2.03. The maximum absolute atomic E-state index is 12.9. The van der Waals surface area contributed by atoms with E-state index in [0.29, 0.717) is 6.04 Å². The highest BCUT2D eigenvalue weighted by Crippen LogP contribution is 2.23. The van der Waals surface area contributed by atoms with Crippen molar-refractivity contribution in [2.45, 2.75) is 45.6 Å². The number of carbonyl (C=O) groups excluding carboxylic acids is 1. The minimum atomic E-state index is 0.211. The number of carbonyl (C=O) groups is 1. The molecular weight excluding hydrogens is 298 g/mol. The minimum Gasteiger partial charge on any atom is -0.372 e. The first-order valence-electron chi connectivity index (χ1n) is 9.61. The first kappa shape index (κ1) is 17.3. The number of amides is 1. The number of nitrogens with zero attached hydrogens (tertiary/aromatic N) is 3. The van der Waals surface area contributed by atoms with E-state index in [-0.39, 0.29) is 5.91 Å². The highest BCUT2D eigenvalue weighted by atomic mass is 16.2. The Morgan fingerprint density at radius 3 is 2.33 bits per heavy atom. The van der Waals surface area contributed by atoms with Crippen molar-refractivity contribution < 1.29 is 4.79 Å². The molecule has 2 heterocycles. The van der Waals surface area contributed by atoms with Gasteiger partial charge in [-0.3, -0.25) is 4.79 Å². The normalized spacial score (nSPS) is 21.4. The zero-order valence-electron chi connectivity index (χ0n) is 15.2. The molecule has 4 nitrogen and oxygen atoms in total. The van der Waals surface area contributed by atoms with E-state index in [1.54, 1.807) is 0 Å². The predicted molar refractivity (Wildman–Crippen MR) is 99.7 cm³/mol. The first-order chi connectivity index (χ1) is 11.7. The first-order valence-corrected chi connectivity index (χ1v) is 9.61. The standard InChI is InChI=1S/C20H31N3O/c1-3-22(4-2)18-11-9-17(10-12-18)20(24)23-15-7-8-19(23)16-21-13-5-6-14-21/h9-12,19H,3-8,13-16H2,1-2H3/t19-/m0/s1. The van der Waals surface area contributed by atoms with E-state index in [4.69, 9.17) is 0 Å². The lowest BCUT2D eigenvalue weighted by Crippen LogP contribution is -2.42. The van der Waals surface area contributed by atoms with Crippen LogP contribution in [0.1, 0.15) is 49.9 Å². The molecule has 2 fully saturated rings. The average Bonchev–Trinajstić information content (AvgIpc) is 3.28. The van der Waals surface area contributed by atoms with Crippen molar-refractivity contribution in [1.29, 1.82) is 0 Å². The third-order valence-electron chi connectivity index (χ3n) is 5.55. The van der Waals surface area contributed by atoms with Crippen molar-refractivity contribution in [2.24, 2.45) is 0 Å². The molecule has 0 spiro atoms. The second-order valence-corrected chi connectivity index (χ2v) is 7.02. The summed E-state index contributed by atoms with van der Waals surface area (Å²) in [6, 6.07) is 8.58. The van der Waals surface area contributed by atoms with Crippen LogP contribution in [0.5, 0.6) is 0 Å². The van der Waals surface area contributed by atoms with Crippen LogP contribution in [-0.2, 0) is 0 Å². The number of likely N-dealkylation sites (tertiary alicyclic amines) is 2. The lowest BCUT2D eigenvalue weighted by Gasteiger charge is -2.29. The van der Waals surface area contributed by atoms with Gasteiger partial charge in [0.1, 0.15) is 0 Å². The van der Waals surface area contributed by atoms with E-state index in [1.165, 1.54) is 31.6 Å². The molecule has 2 aliphatic rings. The summed E-state index contributed by atoms with van der Waals surface area (Å²) in [4.78, 5) is 19.9. The van der Waals surface area contributed by atoms with Crippen molar-refractivity contribution in [3.63, 3.8) is 0 Å². The lowest BCUT2D eigenvalue weighted by molar-refractivity contribution is 0.0709. The van der Waals surface area contributed by atoms with Crippen LogP contribution in [0.25, 0.3) is 0 Å². The van der Waals surface area contributed by atoms with Gasteiger partial charge in [-0.05, 0) is 76.9 Å². The number of benzene rings is 1. The van der Waals surface area contributed by atoms with E-state index in [2.05, 4.69) is 40.7 Å². The average molecular weight is 329 g/mol. The topological polar surface area (TPSA) is 26.8 Å². The van der Waals surface area contributed by atoms with E-state index in [0.717, 1.165) is 44.6 Å². The van der Waals surface area contributed by atoms with Crippen molar-refractivity contribution in [2.75, 3.05) is 44.2 Å². The number of hydrogen-bond donors (Lipinski definition) is 0. The third-order valence-corrected chi connectivity index (χ3v) is 5.55. The van der Waals surface area contributed by atoms with Gasteiger partial charge in [0.2, 0.25) is 0 Å². The van der Waals surface area contributed by atoms with Gasteiger partial charge in [-0.25, -0.2) is 0 Å². The summed E-state index contributed by atoms with van der Waals surface area (Å²) in [7, 11) is 0. The van der Waals surface area contributed by atoms with E-state index >= 15 is 0 Å². The smallest absolute Gasteiger partial charge is 0.254 e. The van der Waals surface area contributed by atoms with E-state index < -0.39 is 0 Å². The summed E-state index contributed by atoms with van der Waals surface area (Å²) in [5, 5.41) is 0. The Balaban J connectivity index is 1.66. The molecule has 1 amide bonds. The maximum Gasteiger partial charge on any atom is 0.254 e. The molecule has 0 aliphatic carbocycles. The molecule has 3 rings (SSSR count).